The molecule has 0 aliphatic heterocycles. The zero-order chi connectivity index (χ0) is 43.0. The first-order valence-corrected chi connectivity index (χ1v) is 20.2. The summed E-state index contributed by atoms with van der Waals surface area (Å²) in [6.07, 6.45) is 1.22. The van der Waals surface area contributed by atoms with Crippen molar-refractivity contribution >= 4 is 40.2 Å². The lowest BCUT2D eigenvalue weighted by Crippen LogP contribution is -2.51. The van der Waals surface area contributed by atoms with Crippen molar-refractivity contribution in [3.8, 4) is 11.5 Å². The Hall–Kier alpha value is -6.53. The summed E-state index contributed by atoms with van der Waals surface area (Å²) in [7, 11) is 1.61. The van der Waals surface area contributed by atoms with Crippen LogP contribution in [-0.4, -0.2) is 71.5 Å². The Morgan fingerprint density at radius 2 is 1.25 bits per heavy atom. The van der Waals surface area contributed by atoms with Crippen molar-refractivity contribution < 1.29 is 38.9 Å². The van der Waals surface area contributed by atoms with Gasteiger partial charge in [-0.25, -0.2) is 4.79 Å². The van der Waals surface area contributed by atoms with E-state index in [4.69, 9.17) is 10.5 Å². The number of carboxylic acids is 1. The normalized spacial score (nSPS) is 13.6. The molecule has 314 valence electrons. The van der Waals surface area contributed by atoms with Crippen molar-refractivity contribution in [2.45, 2.75) is 75.9 Å². The fourth-order valence-corrected chi connectivity index (χ4v) is 7.07. The number of aromatic hydroxyl groups is 1. The second-order valence-corrected chi connectivity index (χ2v) is 15.2. The molecule has 12 heteroatoms. The fraction of sp³-hybridized carbons (Fsp3) is 0.312. The summed E-state index contributed by atoms with van der Waals surface area (Å²) in [5.74, 6) is -3.55. The number of ketones is 1. The van der Waals surface area contributed by atoms with Crippen LogP contribution in [0.3, 0.4) is 0 Å². The van der Waals surface area contributed by atoms with Crippen molar-refractivity contribution in [3.05, 3.63) is 144 Å². The van der Waals surface area contributed by atoms with Gasteiger partial charge in [0.05, 0.1) is 25.1 Å². The van der Waals surface area contributed by atoms with Crippen LogP contribution in [0.15, 0.2) is 121 Å². The molecular weight excluding hydrogens is 761 g/mol. The maximum Gasteiger partial charge on any atom is 0.326 e. The molecule has 0 fully saturated rings. The first kappa shape index (κ1) is 44.6. The lowest BCUT2D eigenvalue weighted by atomic mass is 9.90. The molecule has 0 bridgehead atoms. The minimum Gasteiger partial charge on any atom is -0.508 e. The summed E-state index contributed by atoms with van der Waals surface area (Å²) >= 11 is 0. The van der Waals surface area contributed by atoms with Crippen LogP contribution in [0.25, 0.3) is 10.8 Å². The van der Waals surface area contributed by atoms with Crippen LogP contribution in [0.2, 0.25) is 0 Å². The van der Waals surface area contributed by atoms with Gasteiger partial charge in [-0.1, -0.05) is 103 Å². The number of phenols is 1. The van der Waals surface area contributed by atoms with Gasteiger partial charge in [0.25, 0.3) is 0 Å². The highest BCUT2D eigenvalue weighted by Crippen LogP contribution is 2.26. The number of phenolic OH excluding ortho intramolecular Hbond substituents is 1. The van der Waals surface area contributed by atoms with Gasteiger partial charge >= 0.3 is 5.97 Å². The van der Waals surface area contributed by atoms with E-state index in [1.807, 2.05) is 104 Å². The quantitative estimate of drug-likeness (QED) is 0.0480. The minimum atomic E-state index is -1.31. The van der Waals surface area contributed by atoms with Gasteiger partial charge in [-0.3, -0.25) is 19.2 Å². The number of amides is 3. The van der Waals surface area contributed by atoms with E-state index in [2.05, 4.69) is 16.0 Å². The van der Waals surface area contributed by atoms with E-state index < -0.39 is 53.5 Å². The summed E-state index contributed by atoms with van der Waals surface area (Å²) in [4.78, 5) is 67.1. The van der Waals surface area contributed by atoms with Crippen LogP contribution in [0.5, 0.6) is 11.5 Å². The van der Waals surface area contributed by atoms with Crippen molar-refractivity contribution in [2.75, 3.05) is 13.7 Å². The average molecular weight is 815 g/mol. The molecule has 0 spiro atoms. The Bertz CT molecular complexity index is 2220. The van der Waals surface area contributed by atoms with Gasteiger partial charge < -0.3 is 36.6 Å². The average Bonchev–Trinajstić information content (AvgIpc) is 3.25. The van der Waals surface area contributed by atoms with Gasteiger partial charge in [-0.15, -0.1) is 0 Å². The molecule has 0 aromatic heterocycles. The number of nitrogens with two attached hydrogens (primary N) is 1. The second-order valence-electron chi connectivity index (χ2n) is 15.2. The number of Topliss-reactive ketones (excluding diaryl/α,β-unsaturated/α-hetero) is 1. The van der Waals surface area contributed by atoms with Gasteiger partial charge in [-0.05, 0) is 89.9 Å². The van der Waals surface area contributed by atoms with Crippen molar-refractivity contribution in [2.24, 2.45) is 11.7 Å². The number of carbonyl (C=O) groups is 5. The number of aliphatic carboxylic acids is 1. The van der Waals surface area contributed by atoms with Crippen LogP contribution in [0.1, 0.15) is 60.8 Å². The van der Waals surface area contributed by atoms with E-state index in [-0.39, 0.29) is 43.8 Å². The highest BCUT2D eigenvalue weighted by Gasteiger charge is 2.31. The maximum absolute atomic E-state index is 14.2. The zero-order valence-electron chi connectivity index (χ0n) is 34.0. The number of methoxy groups -OCH3 is 1. The second kappa shape index (κ2) is 22.0. The van der Waals surface area contributed by atoms with E-state index in [1.54, 1.807) is 19.2 Å². The Kier molecular flexibility index (Phi) is 16.3. The summed E-state index contributed by atoms with van der Waals surface area (Å²) in [6.45, 7) is 2.16. The smallest absolute Gasteiger partial charge is 0.326 e. The zero-order valence-corrected chi connectivity index (χ0v) is 34.0. The van der Waals surface area contributed by atoms with E-state index >= 15 is 0 Å². The molecule has 0 heterocycles. The third-order valence-corrected chi connectivity index (χ3v) is 10.7. The first-order valence-electron chi connectivity index (χ1n) is 20.2. The fourth-order valence-electron chi connectivity index (χ4n) is 7.07. The number of nitrogens with one attached hydrogen (secondary N) is 3. The molecule has 5 rings (SSSR count). The topological polar surface area (TPSA) is 197 Å². The van der Waals surface area contributed by atoms with Crippen LogP contribution in [0, 0.1) is 5.92 Å². The highest BCUT2D eigenvalue weighted by molar-refractivity contribution is 5.94. The highest BCUT2D eigenvalue weighted by atomic mass is 16.5. The maximum atomic E-state index is 14.2. The molecule has 12 nitrogen and oxygen atoms in total. The molecule has 0 saturated heterocycles. The molecule has 0 radical (unpaired) electrons. The number of carbonyl (C=O) groups excluding carboxylic acids is 4. The Morgan fingerprint density at radius 1 is 0.667 bits per heavy atom. The molecule has 60 heavy (non-hydrogen) atoms. The van der Waals surface area contributed by atoms with Gasteiger partial charge in [0.1, 0.15) is 17.5 Å². The minimum absolute atomic E-state index is 0.0205. The molecule has 5 aromatic carbocycles. The Labute approximate surface area is 350 Å². The van der Waals surface area contributed by atoms with Gasteiger partial charge in [0.15, 0.2) is 5.78 Å². The molecule has 0 aliphatic rings. The summed E-state index contributed by atoms with van der Waals surface area (Å²) < 4.78 is 5.32. The number of rotatable bonds is 22. The molecule has 0 saturated carbocycles. The Morgan fingerprint density at radius 3 is 1.90 bits per heavy atom. The number of carboxylic acid groups (broad SMARTS) is 1. The number of benzene rings is 5. The lowest BCUT2D eigenvalue weighted by Gasteiger charge is -2.24. The third kappa shape index (κ3) is 13.3. The number of fused-ring (bicyclic) bond motifs is 1. The molecule has 7 N–H and O–H groups in total. The van der Waals surface area contributed by atoms with E-state index in [1.165, 1.54) is 12.1 Å². The largest absolute Gasteiger partial charge is 0.508 e. The van der Waals surface area contributed by atoms with E-state index in [0.29, 0.717) is 24.9 Å². The number of unbranched alkanes of at least 4 members (excludes halogenated alkanes) is 1. The summed E-state index contributed by atoms with van der Waals surface area (Å²) in [5.41, 5.74) is 9.40. The van der Waals surface area contributed by atoms with Crippen LogP contribution >= 0.6 is 0 Å². The third-order valence-electron chi connectivity index (χ3n) is 10.7. The molecule has 5 aromatic rings. The van der Waals surface area contributed by atoms with Crippen LogP contribution in [0.4, 0.5) is 0 Å². The Balaban J connectivity index is 1.26. The predicted octanol–water partition coefficient (Wildman–Crippen LogP) is 5.63. The molecule has 0 aliphatic carbocycles. The SMILES string of the molecule is COc1ccc2cc([C@H](C)C(=O)NCCCC[C@@H](CC(=O)[C@@H](Cc3ccccc3)NC(=O)[C@H](N)Cc3ccccc3)C(=O)N[C@H](Cc3ccc(O)cc3)C(=O)O)ccc2c1. The molecule has 3 amide bonds. The predicted molar refractivity (Wildman–Crippen MR) is 230 cm³/mol. The van der Waals surface area contributed by atoms with E-state index in [9.17, 15) is 34.2 Å². The monoisotopic (exact) mass is 814 g/mol. The lowest BCUT2D eigenvalue weighted by molar-refractivity contribution is -0.142. The van der Waals surface area contributed by atoms with Gasteiger partial charge in [0.2, 0.25) is 17.7 Å². The van der Waals surface area contributed by atoms with Gasteiger partial charge in [-0.2, -0.15) is 0 Å². The number of hydrogen-bond acceptors (Lipinski definition) is 8. The van der Waals surface area contributed by atoms with Crippen molar-refractivity contribution in [1.29, 1.82) is 0 Å². The number of ether oxygens (including phenoxy) is 1. The van der Waals surface area contributed by atoms with Crippen molar-refractivity contribution in [1.82, 2.24) is 16.0 Å². The summed E-state index contributed by atoms with van der Waals surface area (Å²) in [6, 6.07) is 32.9. The molecule has 0 unspecified atom stereocenters. The molecular formula is C48H54N4O8. The van der Waals surface area contributed by atoms with Crippen LogP contribution < -0.4 is 26.4 Å². The standard InChI is InChI=1S/C48H54N4O8/c1-31(35-18-19-37-29-40(60-2)23-20-36(37)28-35)45(55)50-24-10-9-15-38(46(56)52-43(48(58)59)27-34-16-21-39(53)22-17-34)30-44(54)42(26-33-13-7-4-8-14-33)51-47(57)41(49)25-32-11-5-3-6-12-32/h3-8,11-14,16-23,28-29,31,38,41-43,53H,9-10,15,24-27,30,49H2,1-2H3,(H,50,55)(H,51,57)(H,52,56)(H,58,59)/t31-,38-,41+,42+,43+/m0/s1. The number of hydrogen-bond donors (Lipinski definition) is 6. The van der Waals surface area contributed by atoms with Crippen molar-refractivity contribution in [3.63, 3.8) is 0 Å². The van der Waals surface area contributed by atoms with Crippen LogP contribution in [-0.2, 0) is 43.2 Å². The molecule has 5 atom stereocenters. The van der Waals surface area contributed by atoms with E-state index in [0.717, 1.165) is 33.2 Å². The first-order chi connectivity index (χ1) is 28.9. The van der Waals surface area contributed by atoms with Gasteiger partial charge in [0, 0.05) is 25.3 Å². The summed E-state index contributed by atoms with van der Waals surface area (Å²) in [5, 5.41) is 30.2.